The van der Waals surface area contributed by atoms with Crippen molar-refractivity contribution in [1.82, 2.24) is 0 Å². The first kappa shape index (κ1) is 23.1. The molecule has 0 aliphatic carbocycles. The first-order chi connectivity index (χ1) is 16.3. The number of phenols is 1. The highest BCUT2D eigenvalue weighted by atomic mass is 35.5. The van der Waals surface area contributed by atoms with Crippen molar-refractivity contribution in [3.8, 4) is 5.75 Å². The van der Waals surface area contributed by atoms with Crippen LogP contribution in [0.5, 0.6) is 5.75 Å². The van der Waals surface area contributed by atoms with Crippen LogP contribution in [0.25, 0.3) is 5.76 Å². The fourth-order valence-electron chi connectivity index (χ4n) is 3.90. The first-order valence-electron chi connectivity index (χ1n) is 10.4. The van der Waals surface area contributed by atoms with E-state index in [4.69, 9.17) is 16.3 Å². The maximum absolute atomic E-state index is 13.2. The second kappa shape index (κ2) is 9.41. The van der Waals surface area contributed by atoms with Crippen molar-refractivity contribution in [3.63, 3.8) is 0 Å². The number of nitrogens with zero attached hydrogens (tertiary/aromatic N) is 1. The zero-order valence-electron chi connectivity index (χ0n) is 18.1. The van der Waals surface area contributed by atoms with Crippen LogP contribution >= 0.6 is 11.6 Å². The van der Waals surface area contributed by atoms with E-state index in [-0.39, 0.29) is 34.7 Å². The van der Waals surface area contributed by atoms with Gasteiger partial charge in [-0.3, -0.25) is 14.5 Å². The van der Waals surface area contributed by atoms with Gasteiger partial charge in [0.05, 0.1) is 23.8 Å². The van der Waals surface area contributed by atoms with Gasteiger partial charge >= 0.3 is 5.97 Å². The van der Waals surface area contributed by atoms with Crippen molar-refractivity contribution in [3.05, 3.63) is 100 Å². The summed E-state index contributed by atoms with van der Waals surface area (Å²) in [5, 5.41) is 21.5. The van der Waals surface area contributed by atoms with E-state index in [9.17, 15) is 24.6 Å². The van der Waals surface area contributed by atoms with Crippen LogP contribution in [-0.2, 0) is 14.3 Å². The van der Waals surface area contributed by atoms with E-state index in [1.165, 1.54) is 35.2 Å². The van der Waals surface area contributed by atoms with Crippen molar-refractivity contribution in [2.75, 3.05) is 11.5 Å². The molecule has 34 heavy (non-hydrogen) atoms. The van der Waals surface area contributed by atoms with E-state index in [2.05, 4.69) is 0 Å². The Morgan fingerprint density at radius 1 is 1.00 bits per heavy atom. The van der Waals surface area contributed by atoms with Gasteiger partial charge in [-0.1, -0.05) is 41.9 Å². The van der Waals surface area contributed by atoms with Gasteiger partial charge in [-0.15, -0.1) is 0 Å². The Balaban J connectivity index is 1.93. The van der Waals surface area contributed by atoms with Crippen molar-refractivity contribution < 1.29 is 29.3 Å². The highest BCUT2D eigenvalue weighted by Gasteiger charge is 2.47. The molecule has 0 aromatic heterocycles. The van der Waals surface area contributed by atoms with Gasteiger partial charge < -0.3 is 14.9 Å². The number of ether oxygens (including phenoxy) is 1. The minimum Gasteiger partial charge on any atom is -0.508 e. The lowest BCUT2D eigenvalue weighted by Gasteiger charge is -2.26. The van der Waals surface area contributed by atoms with E-state index < -0.39 is 29.5 Å². The highest BCUT2D eigenvalue weighted by molar-refractivity contribution is 6.51. The van der Waals surface area contributed by atoms with E-state index in [0.29, 0.717) is 10.6 Å². The summed E-state index contributed by atoms with van der Waals surface area (Å²) in [4.78, 5) is 39.8. The van der Waals surface area contributed by atoms with E-state index >= 15 is 0 Å². The summed E-state index contributed by atoms with van der Waals surface area (Å²) in [7, 11) is 0. The lowest BCUT2D eigenvalue weighted by molar-refractivity contribution is -0.132. The quantitative estimate of drug-likeness (QED) is 0.235. The van der Waals surface area contributed by atoms with Crippen molar-refractivity contribution in [2.45, 2.75) is 13.0 Å². The second-order valence-corrected chi connectivity index (χ2v) is 7.98. The van der Waals surface area contributed by atoms with Crippen LogP contribution in [0.3, 0.4) is 0 Å². The molecule has 4 rings (SSSR count). The topological polar surface area (TPSA) is 104 Å². The third-order valence-electron chi connectivity index (χ3n) is 5.36. The molecular weight excluding hydrogens is 458 g/mol. The molecule has 2 N–H and O–H groups in total. The van der Waals surface area contributed by atoms with E-state index in [0.717, 1.165) is 0 Å². The number of ketones is 1. The van der Waals surface area contributed by atoms with Gasteiger partial charge in [0.15, 0.2) is 0 Å². The number of anilines is 1. The molecule has 3 aromatic carbocycles. The van der Waals surface area contributed by atoms with Crippen LogP contribution < -0.4 is 4.90 Å². The van der Waals surface area contributed by atoms with Crippen LogP contribution in [0.4, 0.5) is 5.69 Å². The molecule has 0 spiro atoms. The molecule has 0 saturated carbocycles. The predicted molar refractivity (Wildman–Crippen MR) is 127 cm³/mol. The average Bonchev–Trinajstić information content (AvgIpc) is 3.09. The maximum Gasteiger partial charge on any atom is 0.338 e. The van der Waals surface area contributed by atoms with Crippen LogP contribution in [0.2, 0.25) is 5.02 Å². The van der Waals surface area contributed by atoms with Crippen LogP contribution in [0, 0.1) is 0 Å². The number of hydrogen-bond donors (Lipinski definition) is 2. The first-order valence-corrected chi connectivity index (χ1v) is 10.8. The summed E-state index contributed by atoms with van der Waals surface area (Å²) in [6.07, 6.45) is 0. The van der Waals surface area contributed by atoms with Crippen molar-refractivity contribution in [2.24, 2.45) is 0 Å². The normalized spacial score (nSPS) is 17.1. The van der Waals surface area contributed by atoms with Gasteiger partial charge in [-0.25, -0.2) is 4.79 Å². The Morgan fingerprint density at radius 2 is 1.71 bits per heavy atom. The number of phenolic OH excluding ortho intramolecular Hbond substituents is 1. The monoisotopic (exact) mass is 477 g/mol. The van der Waals surface area contributed by atoms with Crippen molar-refractivity contribution in [1.29, 1.82) is 0 Å². The Bertz CT molecular complexity index is 1330. The van der Waals surface area contributed by atoms with E-state index in [1.807, 2.05) is 0 Å². The molecule has 8 heteroatoms. The zero-order chi connectivity index (χ0) is 24.4. The smallest absolute Gasteiger partial charge is 0.338 e. The number of aliphatic hydroxyl groups is 1. The summed E-state index contributed by atoms with van der Waals surface area (Å²) < 4.78 is 5.04. The van der Waals surface area contributed by atoms with Crippen molar-refractivity contribution >= 4 is 40.7 Å². The summed E-state index contributed by atoms with van der Waals surface area (Å²) >= 11 is 6.06. The number of carbonyl (C=O) groups is 3. The molecule has 1 atom stereocenters. The van der Waals surface area contributed by atoms with Gasteiger partial charge in [0.1, 0.15) is 11.5 Å². The summed E-state index contributed by atoms with van der Waals surface area (Å²) in [5.41, 5.74) is 0.941. The Kier molecular flexibility index (Phi) is 6.38. The van der Waals surface area contributed by atoms with Gasteiger partial charge in [0.2, 0.25) is 0 Å². The third kappa shape index (κ3) is 4.25. The summed E-state index contributed by atoms with van der Waals surface area (Å²) in [6.45, 7) is 1.86. The van der Waals surface area contributed by atoms with Gasteiger partial charge in [0, 0.05) is 16.3 Å². The summed E-state index contributed by atoms with van der Waals surface area (Å²) in [6, 6.07) is 17.4. The molecule has 1 aliphatic rings. The molecule has 1 saturated heterocycles. The van der Waals surface area contributed by atoms with Crippen LogP contribution in [0.1, 0.15) is 34.5 Å². The average molecular weight is 478 g/mol. The number of aliphatic hydroxyl groups excluding tert-OH is 1. The molecule has 3 aromatic rings. The fourth-order valence-corrected chi connectivity index (χ4v) is 4.09. The lowest BCUT2D eigenvalue weighted by atomic mass is 9.95. The molecule has 1 aliphatic heterocycles. The molecule has 1 heterocycles. The number of halogens is 1. The number of aromatic hydroxyl groups is 1. The standard InChI is InChI=1S/C26H20ClNO6/c1-2-34-26(33)17-8-4-10-19(13-17)28-22(15-6-5-11-20(29)14-15)21(24(31)25(28)32)23(30)16-7-3-9-18(27)12-16/h3-14,22,29-30H,2H2,1H3/b23-21+. The molecule has 0 radical (unpaired) electrons. The molecule has 7 nitrogen and oxygen atoms in total. The van der Waals surface area contributed by atoms with Gasteiger partial charge in [0.25, 0.3) is 11.7 Å². The number of rotatable bonds is 5. The molecular formula is C26H20ClNO6. The largest absolute Gasteiger partial charge is 0.508 e. The highest BCUT2D eigenvalue weighted by Crippen LogP contribution is 2.43. The Hall–Kier alpha value is -4.10. The Morgan fingerprint density at radius 3 is 2.41 bits per heavy atom. The minimum atomic E-state index is -1.07. The molecule has 1 unspecified atom stereocenters. The van der Waals surface area contributed by atoms with Crippen LogP contribution in [-0.4, -0.2) is 34.5 Å². The summed E-state index contributed by atoms with van der Waals surface area (Å²) in [5.74, 6) is -2.86. The number of hydrogen-bond acceptors (Lipinski definition) is 6. The molecule has 0 bridgehead atoms. The third-order valence-corrected chi connectivity index (χ3v) is 5.60. The molecule has 1 amide bonds. The second-order valence-electron chi connectivity index (χ2n) is 7.55. The zero-order valence-corrected chi connectivity index (χ0v) is 18.8. The number of benzene rings is 3. The fraction of sp³-hybridized carbons (Fsp3) is 0.115. The van der Waals surface area contributed by atoms with Gasteiger partial charge in [-0.2, -0.15) is 0 Å². The maximum atomic E-state index is 13.2. The number of esters is 1. The SMILES string of the molecule is CCOC(=O)c1cccc(N2C(=O)C(=O)/C(=C(/O)c3cccc(Cl)c3)C2c2cccc(O)c2)c1. The van der Waals surface area contributed by atoms with E-state index in [1.54, 1.807) is 49.4 Å². The predicted octanol–water partition coefficient (Wildman–Crippen LogP) is 4.85. The Labute approximate surface area is 200 Å². The molecule has 1 fully saturated rings. The number of Topliss-reactive ketones (excluding diaryl/α,β-unsaturated/α-hetero) is 1. The lowest BCUT2D eigenvalue weighted by Crippen LogP contribution is -2.29. The van der Waals surface area contributed by atoms with Crippen LogP contribution in [0.15, 0.2) is 78.4 Å². The van der Waals surface area contributed by atoms with Gasteiger partial charge in [-0.05, 0) is 55.0 Å². The molecule has 172 valence electrons. The number of amides is 1. The minimum absolute atomic E-state index is 0.0777. The number of carbonyl (C=O) groups excluding carboxylic acids is 3.